The van der Waals surface area contributed by atoms with E-state index in [2.05, 4.69) is 55.2 Å². The van der Waals surface area contributed by atoms with Crippen molar-refractivity contribution < 1.29 is 33.4 Å². The number of amides is 4. The minimum atomic E-state index is -0.747. The van der Waals surface area contributed by atoms with Crippen LogP contribution in [0.5, 0.6) is 5.75 Å². The summed E-state index contributed by atoms with van der Waals surface area (Å²) in [5, 5.41) is 6.75. The molecule has 0 spiro atoms. The van der Waals surface area contributed by atoms with Gasteiger partial charge < -0.3 is 49.6 Å². The highest BCUT2D eigenvalue weighted by Gasteiger charge is 2.35. The molecule has 0 saturated carbocycles. The zero-order valence-electron chi connectivity index (χ0n) is 38.4. The number of imidazole rings is 2. The van der Waals surface area contributed by atoms with Crippen LogP contribution in [0.2, 0.25) is 5.02 Å². The first kappa shape index (κ1) is 47.2. The van der Waals surface area contributed by atoms with E-state index in [1.54, 1.807) is 22.2 Å². The van der Waals surface area contributed by atoms with Gasteiger partial charge in [-0.25, -0.2) is 19.6 Å². The van der Waals surface area contributed by atoms with E-state index >= 15 is 0 Å². The maximum absolute atomic E-state index is 13.7. The first-order chi connectivity index (χ1) is 31.9. The fourth-order valence-electron chi connectivity index (χ4n) is 8.44. The monoisotopic (exact) mass is 919 g/mol. The quantitative estimate of drug-likeness (QED) is 0.0749. The summed E-state index contributed by atoms with van der Waals surface area (Å²) in [5.74, 6) is 1.40. The van der Waals surface area contributed by atoms with Gasteiger partial charge in [-0.1, -0.05) is 76.9 Å². The van der Waals surface area contributed by atoms with Crippen molar-refractivity contribution in [2.45, 2.75) is 85.0 Å². The number of carbonyl (C=O) groups is 4. The van der Waals surface area contributed by atoms with E-state index in [4.69, 9.17) is 26.1 Å². The van der Waals surface area contributed by atoms with Gasteiger partial charge in [-0.2, -0.15) is 0 Å². The molecule has 8 rings (SSSR count). The SMILES string of the molecule is CCC.CCCN(Cc1ncc(-c2ccc3[nH]c4c(c3c2)C(c2ccc(Cl)cc2)Oc2cc(-c3cnc(C5CCCN5C(=O)CNC(=O)OC)[nH]3)ccc2-4)[nH]1)C(=O)C(NC(=O)OC)C(C)C. The lowest BCUT2D eigenvalue weighted by Crippen LogP contribution is -2.51. The number of nitrogens with zero attached hydrogens (tertiary/aromatic N) is 4. The lowest BCUT2D eigenvalue weighted by Gasteiger charge is -2.28. The Kier molecular flexibility index (Phi) is 15.0. The van der Waals surface area contributed by atoms with Crippen molar-refractivity contribution in [2.24, 2.45) is 5.92 Å². The molecule has 3 atom stereocenters. The molecule has 348 valence electrons. The van der Waals surface area contributed by atoms with Gasteiger partial charge in [-0.05, 0) is 67.1 Å². The third-order valence-electron chi connectivity index (χ3n) is 11.6. The number of nitrogens with one attached hydrogen (secondary N) is 5. The van der Waals surface area contributed by atoms with E-state index in [1.807, 2.05) is 75.4 Å². The number of alkyl carbamates (subject to hydrolysis) is 2. The molecular formula is C49H58ClN9O7. The van der Waals surface area contributed by atoms with Crippen LogP contribution in [0.15, 0.2) is 73.1 Å². The number of halogens is 1. The van der Waals surface area contributed by atoms with E-state index in [9.17, 15) is 19.2 Å². The van der Waals surface area contributed by atoms with Crippen molar-refractivity contribution in [3.8, 4) is 39.5 Å². The molecule has 2 aliphatic heterocycles. The highest BCUT2D eigenvalue weighted by molar-refractivity contribution is 6.30. The number of likely N-dealkylation sites (tertiary alicyclic amines) is 1. The van der Waals surface area contributed by atoms with Gasteiger partial charge in [-0.15, -0.1) is 0 Å². The average Bonchev–Trinajstić information content (AvgIpc) is 4.16. The van der Waals surface area contributed by atoms with Crippen LogP contribution in [-0.4, -0.2) is 98.6 Å². The first-order valence-corrected chi connectivity index (χ1v) is 22.8. The predicted molar refractivity (Wildman–Crippen MR) is 253 cm³/mol. The number of benzene rings is 3. The molecule has 16 nitrogen and oxygen atoms in total. The molecule has 0 bridgehead atoms. The third kappa shape index (κ3) is 10.2. The van der Waals surface area contributed by atoms with Gasteiger partial charge in [0.15, 0.2) is 6.10 Å². The molecule has 66 heavy (non-hydrogen) atoms. The summed E-state index contributed by atoms with van der Waals surface area (Å²) in [6.07, 6.45) is 5.28. The molecule has 2 aliphatic rings. The lowest BCUT2D eigenvalue weighted by atomic mass is 9.91. The first-order valence-electron chi connectivity index (χ1n) is 22.4. The van der Waals surface area contributed by atoms with Gasteiger partial charge in [0, 0.05) is 51.3 Å². The minimum absolute atomic E-state index is 0.153. The maximum atomic E-state index is 13.7. The lowest BCUT2D eigenvalue weighted by molar-refractivity contribution is -0.135. The van der Waals surface area contributed by atoms with E-state index < -0.39 is 24.3 Å². The van der Waals surface area contributed by atoms with Crippen LogP contribution in [0.4, 0.5) is 9.59 Å². The summed E-state index contributed by atoms with van der Waals surface area (Å²) in [4.78, 5) is 73.7. The average molecular weight is 921 g/mol. The normalized spacial score (nSPS) is 15.5. The van der Waals surface area contributed by atoms with Crippen LogP contribution < -0.4 is 15.4 Å². The molecule has 17 heteroatoms. The van der Waals surface area contributed by atoms with Crippen molar-refractivity contribution in [2.75, 3.05) is 33.9 Å². The molecule has 3 aromatic heterocycles. The number of ether oxygens (including phenoxy) is 3. The topological polar surface area (TPSA) is 200 Å². The molecule has 1 fully saturated rings. The van der Waals surface area contributed by atoms with Crippen molar-refractivity contribution in [1.29, 1.82) is 0 Å². The summed E-state index contributed by atoms with van der Waals surface area (Å²) < 4.78 is 16.3. The van der Waals surface area contributed by atoms with Crippen LogP contribution >= 0.6 is 11.6 Å². The van der Waals surface area contributed by atoms with Crippen molar-refractivity contribution in [3.05, 3.63) is 101 Å². The second kappa shape index (κ2) is 21.0. The zero-order valence-corrected chi connectivity index (χ0v) is 39.2. The van der Waals surface area contributed by atoms with E-state index in [-0.39, 0.29) is 36.9 Å². The number of aromatic amines is 3. The Bertz CT molecular complexity index is 2670. The Morgan fingerprint density at radius 3 is 2.32 bits per heavy atom. The van der Waals surface area contributed by atoms with Gasteiger partial charge in [-0.3, -0.25) is 9.59 Å². The van der Waals surface area contributed by atoms with Crippen LogP contribution in [-0.2, 0) is 25.6 Å². The molecule has 5 N–H and O–H groups in total. The van der Waals surface area contributed by atoms with Gasteiger partial charge in [0.2, 0.25) is 11.8 Å². The van der Waals surface area contributed by atoms with E-state index in [0.29, 0.717) is 35.5 Å². The molecule has 5 heterocycles. The van der Waals surface area contributed by atoms with E-state index in [1.165, 1.54) is 20.6 Å². The maximum Gasteiger partial charge on any atom is 0.407 e. The summed E-state index contributed by atoms with van der Waals surface area (Å²) >= 11 is 6.36. The summed E-state index contributed by atoms with van der Waals surface area (Å²) in [5.41, 5.74) is 7.97. The number of carbonyl (C=O) groups excluding carboxylic acids is 4. The van der Waals surface area contributed by atoms with Gasteiger partial charge >= 0.3 is 12.2 Å². The number of fused-ring (bicyclic) bond motifs is 5. The standard InChI is InChI=1S/C46H50ClN9O7.C3H8/c1-6-17-55(44(58)40(25(2)3)54-46(60)62-5)24-37-48-21-33(51-37)27-12-16-32-31(19-27)39-41(52-32)30-15-11-28(20-36(30)63-42(39)26-9-13-29(47)14-10-26)34-22-49-43(53-34)35-8-7-18-56(35)38(57)23-50-45(59)61-4;1-3-2/h9-16,19-22,25,35,40,42,52H,6-8,17-18,23-24H2,1-5H3,(H,48,51)(H,49,53)(H,50,59)(H,54,60);3H2,1-2H3. The number of hydrogen-bond acceptors (Lipinski definition) is 9. The van der Waals surface area contributed by atoms with Gasteiger partial charge in [0.25, 0.3) is 0 Å². The molecule has 3 unspecified atom stereocenters. The van der Waals surface area contributed by atoms with Crippen molar-refractivity contribution >= 4 is 46.5 Å². The Labute approximate surface area is 389 Å². The van der Waals surface area contributed by atoms with Crippen LogP contribution in [0.25, 0.3) is 44.7 Å². The number of hydrogen-bond donors (Lipinski definition) is 5. The molecular weight excluding hydrogens is 862 g/mol. The number of aromatic nitrogens is 5. The minimum Gasteiger partial charge on any atom is -0.480 e. The second-order valence-electron chi connectivity index (χ2n) is 16.8. The van der Waals surface area contributed by atoms with Crippen molar-refractivity contribution in [1.82, 2.24) is 45.4 Å². The summed E-state index contributed by atoms with van der Waals surface area (Å²) in [7, 11) is 2.54. The highest BCUT2D eigenvalue weighted by atomic mass is 35.5. The molecule has 4 amide bonds. The number of methoxy groups -OCH3 is 2. The van der Waals surface area contributed by atoms with Gasteiger partial charge in [0.05, 0.1) is 56.3 Å². The Balaban J connectivity index is 0.00000210. The summed E-state index contributed by atoms with van der Waals surface area (Å²) in [6, 6.07) is 18.9. The number of H-pyrrole nitrogens is 3. The second-order valence-corrected chi connectivity index (χ2v) is 17.2. The Morgan fingerprint density at radius 2 is 1.61 bits per heavy atom. The largest absolute Gasteiger partial charge is 0.480 e. The van der Waals surface area contributed by atoms with Gasteiger partial charge in [0.1, 0.15) is 30.0 Å². The Morgan fingerprint density at radius 1 is 0.909 bits per heavy atom. The Hall–Kier alpha value is -6.81. The zero-order chi connectivity index (χ0) is 47.1. The highest BCUT2D eigenvalue weighted by Crippen LogP contribution is 2.49. The molecule has 0 radical (unpaired) electrons. The molecule has 0 aliphatic carbocycles. The molecule has 3 aromatic carbocycles. The van der Waals surface area contributed by atoms with Crippen molar-refractivity contribution in [3.63, 3.8) is 0 Å². The predicted octanol–water partition coefficient (Wildman–Crippen LogP) is 9.31. The fourth-order valence-corrected chi connectivity index (χ4v) is 8.57. The third-order valence-corrected chi connectivity index (χ3v) is 11.9. The van der Waals surface area contributed by atoms with Crippen LogP contribution in [0.3, 0.4) is 0 Å². The fraction of sp³-hybridized carbons (Fsp3) is 0.388. The molecule has 6 aromatic rings. The van der Waals surface area contributed by atoms with Crippen LogP contribution in [0, 0.1) is 5.92 Å². The molecule has 1 saturated heterocycles. The smallest absolute Gasteiger partial charge is 0.407 e. The summed E-state index contributed by atoms with van der Waals surface area (Å²) in [6.45, 7) is 11.1. The van der Waals surface area contributed by atoms with Crippen LogP contribution in [0.1, 0.15) is 95.2 Å². The van der Waals surface area contributed by atoms with E-state index in [0.717, 1.165) is 75.1 Å². The number of rotatable bonds is 13.